The third kappa shape index (κ3) is 5.75. The average Bonchev–Trinajstić information content (AvgIpc) is 2.43. The molecule has 0 aliphatic rings. The molecule has 1 unspecified atom stereocenters. The molecule has 0 aliphatic heterocycles. The molecule has 0 aromatic heterocycles. The van der Waals surface area contributed by atoms with Crippen LogP contribution in [0.25, 0.3) is 0 Å². The van der Waals surface area contributed by atoms with Gasteiger partial charge in [0.15, 0.2) is 0 Å². The Balaban J connectivity index is 2.45. The van der Waals surface area contributed by atoms with Crippen LogP contribution >= 0.6 is 0 Å². The zero-order valence-corrected chi connectivity index (χ0v) is 11.9. The fourth-order valence-electron chi connectivity index (χ4n) is 1.64. The van der Waals surface area contributed by atoms with Gasteiger partial charge in [-0.05, 0) is 36.6 Å². The Morgan fingerprint density at radius 3 is 2.58 bits per heavy atom. The van der Waals surface area contributed by atoms with Crippen LogP contribution in [0.15, 0.2) is 24.3 Å². The maximum atomic E-state index is 11.6. The Kier molecular flexibility index (Phi) is 6.97. The van der Waals surface area contributed by atoms with Gasteiger partial charge in [0.25, 0.3) is 0 Å². The van der Waals surface area contributed by atoms with Crippen molar-refractivity contribution in [3.63, 3.8) is 0 Å². The van der Waals surface area contributed by atoms with Crippen LogP contribution in [0, 0.1) is 5.92 Å². The second-order valence-electron chi connectivity index (χ2n) is 4.65. The molecule has 0 aliphatic carbocycles. The van der Waals surface area contributed by atoms with E-state index in [1.807, 2.05) is 19.1 Å². The van der Waals surface area contributed by atoms with Crippen LogP contribution in [0.2, 0.25) is 0 Å². The molecule has 19 heavy (non-hydrogen) atoms. The number of carbonyl (C=O) groups excluding carboxylic acids is 1. The Bertz CT molecular complexity index is 375. The lowest BCUT2D eigenvalue weighted by molar-refractivity contribution is 0.0505. The van der Waals surface area contributed by atoms with E-state index in [9.17, 15) is 4.79 Å². The maximum absolute atomic E-state index is 11.6. The summed E-state index contributed by atoms with van der Waals surface area (Å²) in [7, 11) is 1.70. The highest BCUT2D eigenvalue weighted by Crippen LogP contribution is 2.11. The van der Waals surface area contributed by atoms with E-state index < -0.39 is 0 Å². The zero-order chi connectivity index (χ0) is 14.1. The number of esters is 1. The molecule has 0 spiro atoms. The Labute approximate surface area is 115 Å². The van der Waals surface area contributed by atoms with E-state index in [0.717, 1.165) is 25.3 Å². The van der Waals surface area contributed by atoms with Crippen molar-refractivity contribution in [3.05, 3.63) is 29.8 Å². The van der Waals surface area contributed by atoms with Gasteiger partial charge in [-0.2, -0.15) is 0 Å². The summed E-state index contributed by atoms with van der Waals surface area (Å²) < 4.78 is 10.2. The first-order chi connectivity index (χ1) is 9.17. The molecule has 106 valence electrons. The molecule has 1 rings (SSSR count). The van der Waals surface area contributed by atoms with Crippen molar-refractivity contribution in [2.24, 2.45) is 5.92 Å². The molecule has 0 radical (unpaired) electrons. The molecule has 0 amide bonds. The van der Waals surface area contributed by atoms with Crippen LogP contribution in [0.3, 0.4) is 0 Å². The zero-order valence-electron chi connectivity index (χ0n) is 11.9. The molecule has 0 bridgehead atoms. The molecular weight excluding hydrogens is 242 g/mol. The summed E-state index contributed by atoms with van der Waals surface area (Å²) in [6.45, 7) is 6.13. The number of hydrogen-bond donors (Lipinski definition) is 1. The average molecular weight is 265 g/mol. The molecule has 1 aromatic rings. The van der Waals surface area contributed by atoms with E-state index in [0.29, 0.717) is 18.1 Å². The molecule has 0 saturated carbocycles. The van der Waals surface area contributed by atoms with Crippen molar-refractivity contribution in [2.75, 3.05) is 32.2 Å². The van der Waals surface area contributed by atoms with E-state index in [4.69, 9.17) is 9.47 Å². The summed E-state index contributed by atoms with van der Waals surface area (Å²) >= 11 is 0. The lowest BCUT2D eigenvalue weighted by Gasteiger charge is -2.12. The topological polar surface area (TPSA) is 47.6 Å². The van der Waals surface area contributed by atoms with Crippen molar-refractivity contribution < 1.29 is 14.3 Å². The number of hydrogen-bond acceptors (Lipinski definition) is 4. The molecule has 4 nitrogen and oxygen atoms in total. The summed E-state index contributed by atoms with van der Waals surface area (Å²) in [5, 5.41) is 3.31. The first kappa shape index (κ1) is 15.5. The molecule has 4 heteroatoms. The number of ether oxygens (including phenoxy) is 2. The summed E-state index contributed by atoms with van der Waals surface area (Å²) in [6, 6.07) is 7.34. The molecule has 0 saturated heterocycles. The van der Waals surface area contributed by atoms with Gasteiger partial charge >= 0.3 is 5.97 Å². The molecule has 1 atom stereocenters. The number of anilines is 1. The van der Waals surface area contributed by atoms with Crippen molar-refractivity contribution >= 4 is 11.7 Å². The van der Waals surface area contributed by atoms with Gasteiger partial charge in [0, 0.05) is 19.3 Å². The summed E-state index contributed by atoms with van der Waals surface area (Å²) in [5.74, 6) is 0.181. The predicted octanol–water partition coefficient (Wildman–Crippen LogP) is 2.95. The van der Waals surface area contributed by atoms with Crippen molar-refractivity contribution in [3.8, 4) is 0 Å². The number of carbonyl (C=O) groups is 1. The number of nitrogens with one attached hydrogen (secondary N) is 1. The van der Waals surface area contributed by atoms with Crippen molar-refractivity contribution in [1.29, 1.82) is 0 Å². The Hall–Kier alpha value is -1.55. The molecule has 0 fully saturated rings. The number of benzene rings is 1. The minimum Gasteiger partial charge on any atom is -0.462 e. The van der Waals surface area contributed by atoms with Gasteiger partial charge in [0.1, 0.15) is 0 Å². The number of methoxy groups -OCH3 is 1. The van der Waals surface area contributed by atoms with Gasteiger partial charge in [-0.25, -0.2) is 4.79 Å². The normalized spacial score (nSPS) is 11.9. The molecule has 0 heterocycles. The van der Waals surface area contributed by atoms with Gasteiger partial charge in [-0.1, -0.05) is 13.8 Å². The third-order valence-electron chi connectivity index (χ3n) is 2.66. The minimum absolute atomic E-state index is 0.263. The van der Waals surface area contributed by atoms with Gasteiger partial charge < -0.3 is 14.8 Å². The van der Waals surface area contributed by atoms with Crippen LogP contribution < -0.4 is 5.32 Å². The summed E-state index contributed by atoms with van der Waals surface area (Å²) in [6.07, 6.45) is 0.836. The number of rotatable bonds is 8. The highest BCUT2D eigenvalue weighted by molar-refractivity contribution is 5.89. The minimum atomic E-state index is -0.263. The third-order valence-corrected chi connectivity index (χ3v) is 2.66. The van der Waals surface area contributed by atoms with Crippen molar-refractivity contribution in [1.82, 2.24) is 0 Å². The smallest absolute Gasteiger partial charge is 0.338 e. The predicted molar refractivity (Wildman–Crippen MR) is 76.5 cm³/mol. The lowest BCUT2D eigenvalue weighted by atomic mass is 10.1. The second kappa shape index (κ2) is 8.53. The van der Waals surface area contributed by atoms with E-state index in [1.54, 1.807) is 19.2 Å². The Morgan fingerprint density at radius 1 is 1.32 bits per heavy atom. The van der Waals surface area contributed by atoms with E-state index >= 15 is 0 Å². The van der Waals surface area contributed by atoms with Gasteiger partial charge in [-0.3, -0.25) is 0 Å². The SMILES string of the molecule is CCCOC(=O)c1ccc(NCC(C)COC)cc1. The van der Waals surface area contributed by atoms with E-state index in [-0.39, 0.29) is 5.97 Å². The standard InChI is InChI=1S/C15H23NO3/c1-4-9-19-15(17)13-5-7-14(8-6-13)16-10-12(2)11-18-3/h5-8,12,16H,4,9-11H2,1-3H3. The van der Waals surface area contributed by atoms with Crippen LogP contribution in [0.1, 0.15) is 30.6 Å². The van der Waals surface area contributed by atoms with Gasteiger partial charge in [0.05, 0.1) is 18.8 Å². The Morgan fingerprint density at radius 2 is 2.00 bits per heavy atom. The molecular formula is C15H23NO3. The lowest BCUT2D eigenvalue weighted by Crippen LogP contribution is -2.15. The van der Waals surface area contributed by atoms with Crippen LogP contribution in [-0.4, -0.2) is 32.8 Å². The van der Waals surface area contributed by atoms with Crippen LogP contribution in [-0.2, 0) is 9.47 Å². The van der Waals surface area contributed by atoms with Gasteiger partial charge in [-0.15, -0.1) is 0 Å². The quantitative estimate of drug-likeness (QED) is 0.734. The summed E-state index contributed by atoms with van der Waals surface area (Å²) in [4.78, 5) is 11.6. The van der Waals surface area contributed by atoms with Crippen LogP contribution in [0.4, 0.5) is 5.69 Å². The van der Waals surface area contributed by atoms with Gasteiger partial charge in [0.2, 0.25) is 0 Å². The fraction of sp³-hybridized carbons (Fsp3) is 0.533. The fourth-order valence-corrected chi connectivity index (χ4v) is 1.64. The first-order valence-electron chi connectivity index (χ1n) is 6.67. The molecule has 1 aromatic carbocycles. The highest BCUT2D eigenvalue weighted by atomic mass is 16.5. The largest absolute Gasteiger partial charge is 0.462 e. The maximum Gasteiger partial charge on any atom is 0.338 e. The van der Waals surface area contributed by atoms with Crippen LogP contribution in [0.5, 0.6) is 0 Å². The molecule has 1 N–H and O–H groups in total. The summed E-state index contributed by atoms with van der Waals surface area (Å²) in [5.41, 5.74) is 1.58. The second-order valence-corrected chi connectivity index (χ2v) is 4.65. The van der Waals surface area contributed by atoms with E-state index in [1.165, 1.54) is 0 Å². The van der Waals surface area contributed by atoms with Crippen molar-refractivity contribution in [2.45, 2.75) is 20.3 Å². The highest BCUT2D eigenvalue weighted by Gasteiger charge is 2.06. The monoisotopic (exact) mass is 265 g/mol. The first-order valence-corrected chi connectivity index (χ1v) is 6.67. The van der Waals surface area contributed by atoms with E-state index in [2.05, 4.69) is 12.2 Å².